The highest BCUT2D eigenvalue weighted by molar-refractivity contribution is 7.92. The number of rotatable bonds is 6. The van der Waals surface area contributed by atoms with Gasteiger partial charge in [0, 0.05) is 23.2 Å². The maximum Gasteiger partial charge on any atom is 0.261 e. The largest absolute Gasteiger partial charge is 0.497 e. The second-order valence-electron chi connectivity index (χ2n) is 8.54. The highest BCUT2D eigenvalue weighted by atomic mass is 35.5. The van der Waals surface area contributed by atoms with Gasteiger partial charge in [-0.1, -0.05) is 41.4 Å². The molecule has 0 fully saturated rings. The molecule has 0 spiro atoms. The van der Waals surface area contributed by atoms with Crippen molar-refractivity contribution in [2.45, 2.75) is 23.3 Å². The number of anilines is 2. The molecule has 0 radical (unpaired) electrons. The molecular weight excluding hydrogens is 507 g/mol. The summed E-state index contributed by atoms with van der Waals surface area (Å²) < 4.78 is 40.0. The average molecular weight is 531 g/mol. The molecule has 0 unspecified atom stereocenters. The van der Waals surface area contributed by atoms with Crippen LogP contribution < -0.4 is 19.5 Å². The molecule has 2 N–H and O–H groups in total. The van der Waals surface area contributed by atoms with Gasteiger partial charge in [0.05, 0.1) is 40.9 Å². The van der Waals surface area contributed by atoms with Crippen LogP contribution in [-0.4, -0.2) is 22.6 Å². The lowest BCUT2D eigenvalue weighted by atomic mass is 9.77. The van der Waals surface area contributed by atoms with Crippen LogP contribution in [0, 0.1) is 5.92 Å². The normalized spacial score (nSPS) is 20.5. The molecule has 2 aliphatic rings. The summed E-state index contributed by atoms with van der Waals surface area (Å²) in [5.74, 6) is 1.74. The van der Waals surface area contributed by atoms with Crippen LogP contribution in [-0.2, 0) is 10.0 Å². The van der Waals surface area contributed by atoms with Gasteiger partial charge in [-0.3, -0.25) is 4.72 Å². The Balaban J connectivity index is 1.50. The Morgan fingerprint density at radius 2 is 1.83 bits per heavy atom. The third-order valence-electron chi connectivity index (χ3n) is 6.62. The Morgan fingerprint density at radius 3 is 2.60 bits per heavy atom. The molecule has 1 aliphatic heterocycles. The number of methoxy groups -OCH3 is 2. The lowest BCUT2D eigenvalue weighted by Crippen LogP contribution is -2.29. The Bertz CT molecular complexity index is 1420. The molecule has 182 valence electrons. The number of sulfonamides is 1. The number of hydrogen-bond acceptors (Lipinski definition) is 5. The second kappa shape index (κ2) is 9.30. The molecule has 3 aromatic carbocycles. The maximum absolute atomic E-state index is 13.2. The van der Waals surface area contributed by atoms with E-state index in [0.717, 1.165) is 34.7 Å². The number of fused-ring (bicyclic) bond motifs is 3. The van der Waals surface area contributed by atoms with E-state index in [0.29, 0.717) is 0 Å². The summed E-state index contributed by atoms with van der Waals surface area (Å²) in [5, 5.41) is 4.07. The smallest absolute Gasteiger partial charge is 0.261 e. The van der Waals surface area contributed by atoms with Crippen LogP contribution in [0.1, 0.15) is 29.5 Å². The van der Waals surface area contributed by atoms with Crippen LogP contribution in [0.2, 0.25) is 10.0 Å². The van der Waals surface area contributed by atoms with Crippen molar-refractivity contribution in [1.82, 2.24) is 0 Å². The van der Waals surface area contributed by atoms with Gasteiger partial charge in [0.25, 0.3) is 10.0 Å². The standard InChI is InChI=1S/C26H24Cl2N2O4S/c1-33-15-9-11-19(24(13-15)34-2)26-18-6-3-5-17(18)20-14-16(10-12-22(20)29-26)35(31,32)30-23-8-4-7-21(27)25(23)28/h3-5,7-14,17-18,26,29-30H,6H2,1-2H3/t17-,18+,26-/m0/s1. The van der Waals surface area contributed by atoms with Crippen molar-refractivity contribution >= 4 is 44.6 Å². The number of hydrogen-bond donors (Lipinski definition) is 2. The van der Waals surface area contributed by atoms with E-state index in [1.165, 1.54) is 0 Å². The highest BCUT2D eigenvalue weighted by Gasteiger charge is 2.39. The lowest BCUT2D eigenvalue weighted by Gasteiger charge is -2.38. The summed E-state index contributed by atoms with van der Waals surface area (Å²) in [6.07, 6.45) is 5.18. The number of halogens is 2. The van der Waals surface area contributed by atoms with Crippen molar-refractivity contribution in [2.24, 2.45) is 5.92 Å². The van der Waals surface area contributed by atoms with E-state index in [-0.39, 0.29) is 38.5 Å². The Morgan fingerprint density at radius 1 is 1.00 bits per heavy atom. The zero-order valence-electron chi connectivity index (χ0n) is 19.1. The second-order valence-corrected chi connectivity index (χ2v) is 11.0. The lowest BCUT2D eigenvalue weighted by molar-refractivity contribution is 0.372. The minimum absolute atomic E-state index is 0.00537. The molecule has 0 amide bonds. The van der Waals surface area contributed by atoms with Gasteiger partial charge in [-0.2, -0.15) is 0 Å². The molecule has 1 heterocycles. The Kier molecular flexibility index (Phi) is 6.34. The van der Waals surface area contributed by atoms with E-state index in [9.17, 15) is 8.42 Å². The summed E-state index contributed by atoms with van der Waals surface area (Å²) in [6.45, 7) is 0. The topological polar surface area (TPSA) is 76.7 Å². The fourth-order valence-corrected chi connectivity index (χ4v) is 6.42. The Labute approximate surface area is 214 Å². The zero-order chi connectivity index (χ0) is 24.7. The quantitative estimate of drug-likeness (QED) is 0.349. The molecule has 3 aromatic rings. The van der Waals surface area contributed by atoms with E-state index in [2.05, 4.69) is 22.2 Å². The van der Waals surface area contributed by atoms with Gasteiger partial charge in [-0.25, -0.2) is 8.42 Å². The third-order valence-corrected chi connectivity index (χ3v) is 8.80. The molecule has 9 heteroatoms. The van der Waals surface area contributed by atoms with Crippen LogP contribution >= 0.6 is 23.2 Å². The van der Waals surface area contributed by atoms with Gasteiger partial charge in [0.15, 0.2) is 0 Å². The summed E-state index contributed by atoms with van der Waals surface area (Å²) in [7, 11) is -0.603. The highest BCUT2D eigenvalue weighted by Crippen LogP contribution is 2.51. The molecule has 0 bridgehead atoms. The average Bonchev–Trinajstić information content (AvgIpc) is 3.36. The molecule has 35 heavy (non-hydrogen) atoms. The summed E-state index contributed by atoms with van der Waals surface area (Å²) >= 11 is 12.2. The van der Waals surface area contributed by atoms with Crippen LogP contribution in [0.25, 0.3) is 0 Å². The molecule has 1 aliphatic carbocycles. The van der Waals surface area contributed by atoms with Gasteiger partial charge in [0.2, 0.25) is 0 Å². The predicted molar refractivity (Wildman–Crippen MR) is 140 cm³/mol. The van der Waals surface area contributed by atoms with Crippen molar-refractivity contribution < 1.29 is 17.9 Å². The SMILES string of the molecule is COc1ccc([C@H]2Nc3ccc(S(=O)(=O)Nc4cccc(Cl)c4Cl)cc3[C@H]3C=CC[C@H]32)c(OC)c1. The zero-order valence-corrected chi connectivity index (χ0v) is 21.4. The third kappa shape index (κ3) is 4.33. The number of nitrogens with one attached hydrogen (secondary N) is 2. The van der Waals surface area contributed by atoms with Gasteiger partial charge < -0.3 is 14.8 Å². The maximum atomic E-state index is 13.2. The summed E-state index contributed by atoms with van der Waals surface area (Å²) in [5.41, 5.74) is 3.10. The van der Waals surface area contributed by atoms with Crippen molar-refractivity contribution in [3.05, 3.63) is 87.9 Å². The minimum atomic E-state index is -3.88. The van der Waals surface area contributed by atoms with Crippen molar-refractivity contribution in [3.63, 3.8) is 0 Å². The van der Waals surface area contributed by atoms with E-state index in [1.807, 2.05) is 24.3 Å². The van der Waals surface area contributed by atoms with Crippen molar-refractivity contribution in [3.8, 4) is 11.5 Å². The molecule has 0 aromatic heterocycles. The van der Waals surface area contributed by atoms with E-state index < -0.39 is 10.0 Å². The first-order chi connectivity index (χ1) is 16.8. The van der Waals surface area contributed by atoms with Gasteiger partial charge in [0.1, 0.15) is 11.5 Å². The fourth-order valence-electron chi connectivity index (χ4n) is 4.91. The minimum Gasteiger partial charge on any atom is -0.497 e. The first-order valence-corrected chi connectivity index (χ1v) is 13.3. The monoisotopic (exact) mass is 530 g/mol. The van der Waals surface area contributed by atoms with E-state index in [1.54, 1.807) is 44.6 Å². The van der Waals surface area contributed by atoms with Crippen LogP contribution in [0.4, 0.5) is 11.4 Å². The summed E-state index contributed by atoms with van der Waals surface area (Å²) in [4.78, 5) is 0.161. The fraction of sp³-hybridized carbons (Fsp3) is 0.231. The van der Waals surface area contributed by atoms with Crippen LogP contribution in [0.15, 0.2) is 71.6 Å². The van der Waals surface area contributed by atoms with E-state index >= 15 is 0 Å². The van der Waals surface area contributed by atoms with Crippen molar-refractivity contribution in [2.75, 3.05) is 24.3 Å². The molecule has 5 rings (SSSR count). The first kappa shape index (κ1) is 23.9. The molecule has 6 nitrogen and oxygen atoms in total. The molecule has 3 atom stereocenters. The van der Waals surface area contributed by atoms with Crippen molar-refractivity contribution in [1.29, 1.82) is 0 Å². The number of allylic oxidation sites excluding steroid dienone is 2. The molecule has 0 saturated carbocycles. The summed E-state index contributed by atoms with van der Waals surface area (Å²) in [6, 6.07) is 15.8. The van der Waals surface area contributed by atoms with Gasteiger partial charge in [-0.15, -0.1) is 0 Å². The van der Waals surface area contributed by atoms with Gasteiger partial charge in [-0.05, 0) is 60.4 Å². The molecular formula is C26H24Cl2N2O4S. The van der Waals surface area contributed by atoms with Crippen LogP contribution in [0.3, 0.4) is 0 Å². The number of benzene rings is 3. The van der Waals surface area contributed by atoms with Crippen LogP contribution in [0.5, 0.6) is 11.5 Å². The molecule has 0 saturated heterocycles. The first-order valence-electron chi connectivity index (χ1n) is 11.1. The Hall–Kier alpha value is -2.87. The van der Waals surface area contributed by atoms with Gasteiger partial charge >= 0.3 is 0 Å². The predicted octanol–water partition coefficient (Wildman–Crippen LogP) is 6.64. The van der Waals surface area contributed by atoms with E-state index in [4.69, 9.17) is 32.7 Å². The number of ether oxygens (including phenoxy) is 2.